The van der Waals surface area contributed by atoms with Crippen LogP contribution in [0.2, 0.25) is 0 Å². The largest absolute Gasteiger partial charge is 0.480 e. The highest BCUT2D eigenvalue weighted by Crippen LogP contribution is 2.13. The van der Waals surface area contributed by atoms with Gasteiger partial charge < -0.3 is 15.2 Å². The van der Waals surface area contributed by atoms with Crippen LogP contribution in [0.5, 0.6) is 0 Å². The number of aliphatic carboxylic acids is 1. The number of nitrogens with one attached hydrogen (secondary N) is 1. The maximum Gasteiger partial charge on any atom is 0.326 e. The summed E-state index contributed by atoms with van der Waals surface area (Å²) in [5, 5.41) is 11.5. The maximum absolute atomic E-state index is 11.7. The number of carboxylic acid groups (broad SMARTS) is 1. The zero-order valence-electron chi connectivity index (χ0n) is 9.57. The van der Waals surface area contributed by atoms with E-state index in [9.17, 15) is 9.59 Å². The van der Waals surface area contributed by atoms with Crippen molar-refractivity contribution in [3.05, 3.63) is 0 Å². The molecule has 5 heteroatoms. The molecular formula is C11H19NO4. The van der Waals surface area contributed by atoms with Crippen molar-refractivity contribution in [2.24, 2.45) is 5.92 Å². The molecule has 5 nitrogen and oxygen atoms in total. The summed E-state index contributed by atoms with van der Waals surface area (Å²) in [6.07, 6.45) is 2.90. The molecule has 2 atom stereocenters. The summed E-state index contributed by atoms with van der Waals surface area (Å²) in [6, 6.07) is -0.756. The van der Waals surface area contributed by atoms with Crippen molar-refractivity contribution in [2.75, 3.05) is 13.2 Å². The summed E-state index contributed by atoms with van der Waals surface area (Å²) in [5.74, 6) is -1.33. The third-order valence-electron chi connectivity index (χ3n) is 2.76. The average molecular weight is 229 g/mol. The van der Waals surface area contributed by atoms with Gasteiger partial charge in [-0.05, 0) is 12.8 Å². The Hall–Kier alpha value is -1.10. The Morgan fingerprint density at radius 2 is 2.31 bits per heavy atom. The van der Waals surface area contributed by atoms with E-state index in [2.05, 4.69) is 5.32 Å². The number of hydrogen-bond acceptors (Lipinski definition) is 3. The van der Waals surface area contributed by atoms with Crippen LogP contribution in [-0.4, -0.2) is 36.2 Å². The Morgan fingerprint density at radius 1 is 1.56 bits per heavy atom. The molecule has 92 valence electrons. The molecule has 0 aliphatic carbocycles. The van der Waals surface area contributed by atoms with Gasteiger partial charge >= 0.3 is 5.97 Å². The molecule has 1 rings (SSSR count). The van der Waals surface area contributed by atoms with Crippen LogP contribution >= 0.6 is 0 Å². The van der Waals surface area contributed by atoms with Crippen LogP contribution in [0.25, 0.3) is 0 Å². The Balaban J connectivity index is 2.40. The number of amides is 1. The summed E-state index contributed by atoms with van der Waals surface area (Å²) in [5.41, 5.74) is 0. The van der Waals surface area contributed by atoms with E-state index in [1.165, 1.54) is 0 Å². The second-order valence-corrected chi connectivity index (χ2v) is 4.10. The number of carbonyl (C=O) groups is 2. The van der Waals surface area contributed by atoms with E-state index in [0.29, 0.717) is 26.1 Å². The number of carbonyl (C=O) groups excluding carboxylic acids is 1. The molecule has 0 aromatic rings. The summed E-state index contributed by atoms with van der Waals surface area (Å²) in [4.78, 5) is 22.6. The van der Waals surface area contributed by atoms with Gasteiger partial charge in [-0.15, -0.1) is 0 Å². The molecule has 0 spiro atoms. The number of rotatable bonds is 6. The van der Waals surface area contributed by atoms with Crippen molar-refractivity contribution >= 4 is 11.9 Å². The van der Waals surface area contributed by atoms with Crippen molar-refractivity contribution in [3.8, 4) is 0 Å². The first-order valence-electron chi connectivity index (χ1n) is 5.76. The van der Waals surface area contributed by atoms with E-state index in [4.69, 9.17) is 9.84 Å². The molecule has 0 bridgehead atoms. The summed E-state index contributed by atoms with van der Waals surface area (Å²) >= 11 is 0. The van der Waals surface area contributed by atoms with Crippen LogP contribution in [0.15, 0.2) is 0 Å². The maximum atomic E-state index is 11.7. The lowest BCUT2D eigenvalue weighted by atomic mass is 10.1. The molecule has 16 heavy (non-hydrogen) atoms. The molecule has 0 radical (unpaired) electrons. The van der Waals surface area contributed by atoms with Crippen LogP contribution in [0.3, 0.4) is 0 Å². The third kappa shape index (κ3) is 3.81. The highest BCUT2D eigenvalue weighted by molar-refractivity contribution is 5.85. The topological polar surface area (TPSA) is 75.6 Å². The van der Waals surface area contributed by atoms with Crippen LogP contribution in [0.4, 0.5) is 0 Å². The van der Waals surface area contributed by atoms with Crippen molar-refractivity contribution in [3.63, 3.8) is 0 Å². The quantitative estimate of drug-likeness (QED) is 0.705. The lowest BCUT2D eigenvalue weighted by Crippen LogP contribution is -2.43. The molecule has 2 N–H and O–H groups in total. The standard InChI is InChI=1S/C11H19NO4/c1-2-3-4-9(11(14)15)12-10(13)8-5-6-16-7-8/h8-9H,2-7H2,1H3,(H,12,13)(H,14,15)/t8-,9+/m1/s1. The lowest BCUT2D eigenvalue weighted by molar-refractivity contribution is -0.142. The van der Waals surface area contributed by atoms with E-state index in [0.717, 1.165) is 12.8 Å². The van der Waals surface area contributed by atoms with Gasteiger partial charge in [-0.2, -0.15) is 0 Å². The van der Waals surface area contributed by atoms with Gasteiger partial charge in [0.1, 0.15) is 6.04 Å². The van der Waals surface area contributed by atoms with E-state index in [-0.39, 0.29) is 11.8 Å². The number of carboxylic acids is 1. The fourth-order valence-corrected chi connectivity index (χ4v) is 1.70. The van der Waals surface area contributed by atoms with Gasteiger partial charge in [-0.1, -0.05) is 19.8 Å². The lowest BCUT2D eigenvalue weighted by Gasteiger charge is -2.16. The molecule has 1 heterocycles. The molecular weight excluding hydrogens is 210 g/mol. The van der Waals surface area contributed by atoms with E-state index >= 15 is 0 Å². The third-order valence-corrected chi connectivity index (χ3v) is 2.76. The minimum atomic E-state index is -0.958. The molecule has 0 aromatic carbocycles. The Kier molecular flexibility index (Phi) is 5.25. The Labute approximate surface area is 95.2 Å². The summed E-state index contributed by atoms with van der Waals surface area (Å²) in [7, 11) is 0. The highest BCUT2D eigenvalue weighted by Gasteiger charge is 2.27. The van der Waals surface area contributed by atoms with Crippen LogP contribution in [0.1, 0.15) is 32.6 Å². The van der Waals surface area contributed by atoms with Crippen LogP contribution in [0, 0.1) is 5.92 Å². The van der Waals surface area contributed by atoms with Crippen molar-refractivity contribution in [1.29, 1.82) is 0 Å². The first kappa shape index (κ1) is 13.0. The van der Waals surface area contributed by atoms with Crippen LogP contribution < -0.4 is 5.32 Å². The summed E-state index contributed by atoms with van der Waals surface area (Å²) < 4.78 is 5.09. The SMILES string of the molecule is CCCC[C@H](NC(=O)[C@@H]1CCOC1)C(=O)O. The van der Waals surface area contributed by atoms with Gasteiger partial charge in [0.25, 0.3) is 0 Å². The van der Waals surface area contributed by atoms with E-state index in [1.807, 2.05) is 6.92 Å². The van der Waals surface area contributed by atoms with Gasteiger partial charge in [-0.25, -0.2) is 4.79 Å². The monoisotopic (exact) mass is 229 g/mol. The number of hydrogen-bond donors (Lipinski definition) is 2. The van der Waals surface area contributed by atoms with Crippen molar-refractivity contribution < 1.29 is 19.4 Å². The van der Waals surface area contributed by atoms with Gasteiger partial charge in [-0.3, -0.25) is 4.79 Å². The molecule has 1 aliphatic rings. The second kappa shape index (κ2) is 6.48. The molecule has 0 aromatic heterocycles. The first-order chi connectivity index (χ1) is 7.65. The van der Waals surface area contributed by atoms with Gasteiger partial charge in [0, 0.05) is 6.61 Å². The Morgan fingerprint density at radius 3 is 2.81 bits per heavy atom. The van der Waals surface area contributed by atoms with Gasteiger partial charge in [0.15, 0.2) is 0 Å². The molecule has 1 saturated heterocycles. The first-order valence-corrected chi connectivity index (χ1v) is 5.76. The van der Waals surface area contributed by atoms with Crippen molar-refractivity contribution in [2.45, 2.75) is 38.6 Å². The predicted molar refractivity (Wildman–Crippen MR) is 58.0 cm³/mol. The van der Waals surface area contributed by atoms with E-state index < -0.39 is 12.0 Å². The highest BCUT2D eigenvalue weighted by atomic mass is 16.5. The van der Waals surface area contributed by atoms with Gasteiger partial charge in [0.2, 0.25) is 5.91 Å². The molecule has 1 fully saturated rings. The molecule has 0 unspecified atom stereocenters. The van der Waals surface area contributed by atoms with Gasteiger partial charge in [0.05, 0.1) is 12.5 Å². The zero-order chi connectivity index (χ0) is 12.0. The molecule has 1 aliphatic heterocycles. The number of ether oxygens (including phenoxy) is 1. The second-order valence-electron chi connectivity index (χ2n) is 4.10. The fraction of sp³-hybridized carbons (Fsp3) is 0.818. The minimum Gasteiger partial charge on any atom is -0.480 e. The Bertz CT molecular complexity index is 248. The normalized spacial score (nSPS) is 21.7. The summed E-state index contributed by atoms with van der Waals surface area (Å²) in [6.45, 7) is 2.99. The fourth-order valence-electron chi connectivity index (χ4n) is 1.70. The van der Waals surface area contributed by atoms with E-state index in [1.54, 1.807) is 0 Å². The molecule has 0 saturated carbocycles. The van der Waals surface area contributed by atoms with Crippen LogP contribution in [-0.2, 0) is 14.3 Å². The predicted octanol–water partition coefficient (Wildman–Crippen LogP) is 0.782. The average Bonchev–Trinajstić information content (AvgIpc) is 2.76. The smallest absolute Gasteiger partial charge is 0.326 e. The zero-order valence-corrected chi connectivity index (χ0v) is 9.57. The van der Waals surface area contributed by atoms with Crippen molar-refractivity contribution in [1.82, 2.24) is 5.32 Å². The number of unbranched alkanes of at least 4 members (excludes halogenated alkanes) is 1. The molecule has 1 amide bonds. The minimum absolute atomic E-state index is 0.177.